The summed E-state index contributed by atoms with van der Waals surface area (Å²) in [6, 6.07) is 8.81. The highest BCUT2D eigenvalue weighted by atomic mass is 32.2. The quantitative estimate of drug-likeness (QED) is 0.727. The zero-order valence-corrected chi connectivity index (χ0v) is 12.3. The molecule has 0 radical (unpaired) electrons. The van der Waals surface area contributed by atoms with Gasteiger partial charge in [0.1, 0.15) is 6.07 Å². The van der Waals surface area contributed by atoms with Crippen LogP contribution in [0, 0.1) is 11.3 Å². The molecule has 0 spiro atoms. The molecule has 1 heterocycles. The Balaban J connectivity index is 2.32. The van der Waals surface area contributed by atoms with Gasteiger partial charge in [0.2, 0.25) is 0 Å². The van der Waals surface area contributed by atoms with Crippen molar-refractivity contribution in [3.05, 3.63) is 46.3 Å². The largest absolute Gasteiger partial charge is 0.192 e. The third-order valence-corrected chi connectivity index (χ3v) is 5.07. The summed E-state index contributed by atoms with van der Waals surface area (Å²) in [5.41, 5.74) is 4.60. The second-order valence-corrected chi connectivity index (χ2v) is 6.22. The second kappa shape index (κ2) is 5.24. The molecule has 2 aromatic rings. The smallest absolute Gasteiger partial charge is 0.101 e. The van der Waals surface area contributed by atoms with Gasteiger partial charge in [-0.25, -0.2) is 0 Å². The van der Waals surface area contributed by atoms with Gasteiger partial charge in [-0.3, -0.25) is 0 Å². The Morgan fingerprint density at radius 1 is 1.42 bits per heavy atom. The van der Waals surface area contributed by atoms with E-state index in [1.54, 1.807) is 23.1 Å². The second-order valence-electron chi connectivity index (χ2n) is 4.42. The number of nitrogens with zero attached hydrogens (tertiary/aromatic N) is 1. The van der Waals surface area contributed by atoms with Crippen molar-refractivity contribution in [2.75, 3.05) is 6.26 Å². The topological polar surface area (TPSA) is 23.8 Å². The molecule has 3 heteroatoms. The van der Waals surface area contributed by atoms with Crippen LogP contribution in [0.1, 0.15) is 23.1 Å². The molecule has 3 rings (SSSR count). The number of fused-ring (bicyclic) bond motifs is 1. The minimum absolute atomic E-state index is 0.832. The van der Waals surface area contributed by atoms with Crippen LogP contribution >= 0.6 is 23.1 Å². The molecule has 0 aliphatic heterocycles. The maximum Gasteiger partial charge on any atom is 0.101 e. The van der Waals surface area contributed by atoms with Gasteiger partial charge in [0.05, 0.1) is 5.56 Å². The van der Waals surface area contributed by atoms with Crippen LogP contribution in [0.3, 0.4) is 0 Å². The van der Waals surface area contributed by atoms with Gasteiger partial charge in [0, 0.05) is 9.77 Å². The van der Waals surface area contributed by atoms with Crippen molar-refractivity contribution in [2.45, 2.75) is 17.7 Å². The first-order valence-corrected chi connectivity index (χ1v) is 8.30. The lowest BCUT2D eigenvalue weighted by molar-refractivity contribution is 0.982. The minimum atomic E-state index is 0.832. The van der Waals surface area contributed by atoms with E-state index < -0.39 is 0 Å². The predicted molar refractivity (Wildman–Crippen MR) is 83.6 cm³/mol. The zero-order valence-electron chi connectivity index (χ0n) is 10.6. The number of nitriles is 1. The van der Waals surface area contributed by atoms with Crippen LogP contribution in [0.5, 0.6) is 0 Å². The van der Waals surface area contributed by atoms with Crippen LogP contribution in [0.2, 0.25) is 0 Å². The molecule has 0 saturated carbocycles. The van der Waals surface area contributed by atoms with E-state index in [1.807, 2.05) is 6.26 Å². The number of thioether (sulfide) groups is 1. The molecule has 94 valence electrons. The molecule has 0 fully saturated rings. The predicted octanol–water partition coefficient (Wildman–Crippen LogP) is 4.97. The number of thiophene rings is 1. The number of allylic oxidation sites excluding steroid dienone is 1. The fourth-order valence-electron chi connectivity index (χ4n) is 2.53. The van der Waals surface area contributed by atoms with Crippen molar-refractivity contribution in [1.82, 2.24) is 0 Å². The molecular formula is C16H13NS2. The lowest BCUT2D eigenvalue weighted by Gasteiger charge is -2.18. The van der Waals surface area contributed by atoms with Gasteiger partial charge >= 0.3 is 0 Å². The Bertz CT molecular complexity index is 676. The first-order chi connectivity index (χ1) is 9.35. The van der Waals surface area contributed by atoms with Crippen LogP contribution in [0.15, 0.2) is 34.6 Å². The van der Waals surface area contributed by atoms with Crippen LogP contribution < -0.4 is 0 Å². The molecule has 0 saturated heterocycles. The van der Waals surface area contributed by atoms with E-state index in [9.17, 15) is 5.26 Å². The Morgan fingerprint density at radius 3 is 3.00 bits per heavy atom. The summed E-state index contributed by atoms with van der Waals surface area (Å²) in [5.74, 6) is 0. The molecule has 0 unspecified atom stereocenters. The maximum absolute atomic E-state index is 9.43. The summed E-state index contributed by atoms with van der Waals surface area (Å²) in [7, 11) is 0. The highest BCUT2D eigenvalue weighted by molar-refractivity contribution is 7.98. The van der Waals surface area contributed by atoms with Gasteiger partial charge in [-0.15, -0.1) is 23.1 Å². The first kappa shape index (κ1) is 12.5. The Labute approximate surface area is 121 Å². The zero-order chi connectivity index (χ0) is 13.2. The molecule has 1 nitrogen and oxygen atoms in total. The number of hydrogen-bond donors (Lipinski definition) is 0. The van der Waals surface area contributed by atoms with Crippen molar-refractivity contribution >= 4 is 29.2 Å². The van der Waals surface area contributed by atoms with E-state index >= 15 is 0 Å². The average Bonchev–Trinajstić information content (AvgIpc) is 2.99. The maximum atomic E-state index is 9.43. The van der Waals surface area contributed by atoms with Gasteiger partial charge in [0.15, 0.2) is 0 Å². The van der Waals surface area contributed by atoms with E-state index in [1.165, 1.54) is 16.0 Å². The number of hydrogen-bond acceptors (Lipinski definition) is 3. The monoisotopic (exact) mass is 283 g/mol. The standard InChI is InChI=1S/C16H13NS2/c1-18-16-9-13(15-7-4-8-19-15)11-5-2-3-6-12(11)14(16)10-17/h3-4,6-9H,2,5H2,1H3. The highest BCUT2D eigenvalue weighted by Gasteiger charge is 2.19. The van der Waals surface area contributed by atoms with Crippen LogP contribution in [0.4, 0.5) is 0 Å². The molecule has 1 aliphatic rings. The molecule has 0 amide bonds. The summed E-state index contributed by atoms with van der Waals surface area (Å²) < 4.78 is 0. The van der Waals surface area contributed by atoms with Gasteiger partial charge in [-0.05, 0) is 53.3 Å². The Hall–Kier alpha value is -1.50. The molecule has 1 aliphatic carbocycles. The van der Waals surface area contributed by atoms with Crippen molar-refractivity contribution < 1.29 is 0 Å². The highest BCUT2D eigenvalue weighted by Crippen LogP contribution is 2.39. The Morgan fingerprint density at radius 2 is 2.32 bits per heavy atom. The van der Waals surface area contributed by atoms with Gasteiger partial charge in [-0.1, -0.05) is 18.2 Å². The third-order valence-electron chi connectivity index (χ3n) is 3.41. The summed E-state index contributed by atoms with van der Waals surface area (Å²) in [4.78, 5) is 2.38. The van der Waals surface area contributed by atoms with E-state index in [4.69, 9.17) is 0 Å². The van der Waals surface area contributed by atoms with Crippen LogP contribution in [-0.4, -0.2) is 6.26 Å². The summed E-state index contributed by atoms with van der Waals surface area (Å²) in [6.07, 6.45) is 8.42. The van der Waals surface area contributed by atoms with Crippen LogP contribution in [0.25, 0.3) is 16.5 Å². The summed E-state index contributed by atoms with van der Waals surface area (Å²) in [5, 5.41) is 11.5. The fourth-order valence-corrected chi connectivity index (χ4v) is 3.89. The molecule has 19 heavy (non-hydrogen) atoms. The number of rotatable bonds is 2. The molecule has 1 aromatic heterocycles. The normalized spacial score (nSPS) is 13.1. The van der Waals surface area contributed by atoms with Crippen molar-refractivity contribution in [3.63, 3.8) is 0 Å². The lowest BCUT2D eigenvalue weighted by Crippen LogP contribution is -2.01. The molecule has 0 bridgehead atoms. The fraction of sp³-hybridized carbons (Fsp3) is 0.188. The van der Waals surface area contributed by atoms with Crippen molar-refractivity contribution in [1.29, 1.82) is 5.26 Å². The van der Waals surface area contributed by atoms with Crippen LogP contribution in [-0.2, 0) is 6.42 Å². The average molecular weight is 283 g/mol. The molecule has 0 N–H and O–H groups in total. The van der Waals surface area contributed by atoms with Gasteiger partial charge < -0.3 is 0 Å². The van der Waals surface area contributed by atoms with Gasteiger partial charge in [-0.2, -0.15) is 5.26 Å². The third kappa shape index (κ3) is 2.11. The molecular weight excluding hydrogens is 270 g/mol. The van der Waals surface area contributed by atoms with Crippen molar-refractivity contribution in [2.24, 2.45) is 0 Å². The summed E-state index contributed by atoms with van der Waals surface area (Å²) >= 11 is 3.42. The Kier molecular flexibility index (Phi) is 3.46. The SMILES string of the molecule is CSc1cc(-c2cccs2)c2c(c1C#N)C=CCC2. The van der Waals surface area contributed by atoms with E-state index in [2.05, 4.69) is 41.8 Å². The van der Waals surface area contributed by atoms with E-state index in [-0.39, 0.29) is 0 Å². The van der Waals surface area contributed by atoms with Crippen molar-refractivity contribution in [3.8, 4) is 16.5 Å². The van der Waals surface area contributed by atoms with E-state index in [0.717, 1.165) is 28.9 Å². The van der Waals surface area contributed by atoms with E-state index in [0.29, 0.717) is 0 Å². The molecule has 0 atom stereocenters. The first-order valence-electron chi connectivity index (χ1n) is 6.19. The van der Waals surface area contributed by atoms with Gasteiger partial charge in [0.25, 0.3) is 0 Å². The number of benzene rings is 1. The minimum Gasteiger partial charge on any atom is -0.192 e. The lowest BCUT2D eigenvalue weighted by atomic mass is 9.89. The molecule has 1 aromatic carbocycles. The summed E-state index contributed by atoms with van der Waals surface area (Å²) in [6.45, 7) is 0.